The number of allylic oxidation sites excluding steroid dienone is 3. The molecule has 0 aliphatic rings. The molecule has 0 saturated heterocycles. The van der Waals surface area contributed by atoms with Crippen molar-refractivity contribution in [3.05, 3.63) is 163 Å². The smallest absolute Gasteiger partial charge is 0.0663 e. The average Bonchev–Trinajstić information content (AvgIpc) is 3.09. The van der Waals surface area contributed by atoms with E-state index in [2.05, 4.69) is 122 Å². The maximum Gasteiger partial charge on any atom is 0.0663 e. The van der Waals surface area contributed by atoms with E-state index in [-0.39, 0.29) is 0 Å². The van der Waals surface area contributed by atoms with E-state index >= 15 is 0 Å². The standard InChI is InChI=1S/C42H32N2/c1-3-34-35(4-2)42(39-21-12-11-20-38(39)40(34)29-15-7-5-8-16-29)32-23-25-36-31(27-32)22-24-37(33(28-44)19-13-14-26-43)41(36)30-17-9-6-10-18-30/h3-13,15-25,27-28H,1-2,14,44H2/b19-13-,33-28+. The van der Waals surface area contributed by atoms with Crippen molar-refractivity contribution in [2.24, 2.45) is 5.73 Å². The highest BCUT2D eigenvalue weighted by atomic mass is 14.5. The summed E-state index contributed by atoms with van der Waals surface area (Å²) in [5.74, 6) is 0. The summed E-state index contributed by atoms with van der Waals surface area (Å²) in [4.78, 5) is 0. The minimum atomic E-state index is 0.324. The fourth-order valence-electron chi connectivity index (χ4n) is 6.24. The van der Waals surface area contributed by atoms with Crippen LogP contribution in [-0.4, -0.2) is 0 Å². The first-order valence-electron chi connectivity index (χ1n) is 14.7. The Labute approximate surface area is 259 Å². The summed E-state index contributed by atoms with van der Waals surface area (Å²) in [5, 5.41) is 13.7. The minimum Gasteiger partial charge on any atom is -0.404 e. The highest BCUT2D eigenvalue weighted by Gasteiger charge is 2.20. The molecule has 0 radical (unpaired) electrons. The van der Waals surface area contributed by atoms with Crippen LogP contribution in [0.3, 0.4) is 0 Å². The number of nitriles is 1. The van der Waals surface area contributed by atoms with Gasteiger partial charge in [0.25, 0.3) is 0 Å². The Hall–Kier alpha value is -5.91. The van der Waals surface area contributed by atoms with Crippen molar-refractivity contribution in [1.29, 1.82) is 5.26 Å². The van der Waals surface area contributed by atoms with E-state index in [1.807, 2.05) is 36.4 Å². The highest BCUT2D eigenvalue weighted by molar-refractivity contribution is 6.13. The molecule has 6 rings (SSSR count). The zero-order chi connectivity index (χ0) is 30.5. The van der Waals surface area contributed by atoms with Crippen LogP contribution < -0.4 is 5.73 Å². The van der Waals surface area contributed by atoms with Crippen molar-refractivity contribution in [3.63, 3.8) is 0 Å². The fourth-order valence-corrected chi connectivity index (χ4v) is 6.24. The van der Waals surface area contributed by atoms with Gasteiger partial charge < -0.3 is 5.73 Å². The molecule has 210 valence electrons. The molecule has 0 spiro atoms. The molecule has 2 nitrogen and oxygen atoms in total. The molecule has 0 fully saturated rings. The van der Waals surface area contributed by atoms with Gasteiger partial charge in [-0.25, -0.2) is 0 Å². The molecule has 0 unspecified atom stereocenters. The van der Waals surface area contributed by atoms with E-state index in [9.17, 15) is 0 Å². The minimum absolute atomic E-state index is 0.324. The molecule has 0 aliphatic carbocycles. The van der Waals surface area contributed by atoms with E-state index in [4.69, 9.17) is 11.0 Å². The predicted octanol–water partition coefficient (Wildman–Crippen LogP) is 11.0. The van der Waals surface area contributed by atoms with Crippen LogP contribution in [0.15, 0.2) is 147 Å². The van der Waals surface area contributed by atoms with E-state index in [1.54, 1.807) is 6.20 Å². The van der Waals surface area contributed by atoms with E-state index in [0.29, 0.717) is 6.42 Å². The van der Waals surface area contributed by atoms with Gasteiger partial charge in [-0.15, -0.1) is 0 Å². The van der Waals surface area contributed by atoms with Crippen LogP contribution in [0.25, 0.3) is 72.7 Å². The van der Waals surface area contributed by atoms with E-state index in [0.717, 1.165) is 66.4 Å². The van der Waals surface area contributed by atoms with Crippen LogP contribution in [0.5, 0.6) is 0 Å². The Balaban J connectivity index is 1.64. The molecule has 0 saturated carbocycles. The van der Waals surface area contributed by atoms with Crippen LogP contribution in [0, 0.1) is 11.3 Å². The Morgan fingerprint density at radius 1 is 0.636 bits per heavy atom. The van der Waals surface area contributed by atoms with Gasteiger partial charge in [-0.1, -0.05) is 147 Å². The molecular formula is C42H32N2. The number of nitrogens with two attached hydrogens (primary N) is 1. The van der Waals surface area contributed by atoms with Gasteiger partial charge in [0, 0.05) is 6.20 Å². The van der Waals surface area contributed by atoms with Gasteiger partial charge in [-0.05, 0) is 83.3 Å². The molecule has 6 aromatic rings. The van der Waals surface area contributed by atoms with Crippen molar-refractivity contribution in [2.75, 3.05) is 0 Å². The van der Waals surface area contributed by atoms with Crippen molar-refractivity contribution in [1.82, 2.24) is 0 Å². The van der Waals surface area contributed by atoms with E-state index in [1.165, 1.54) is 10.8 Å². The molecule has 0 amide bonds. The molecule has 44 heavy (non-hydrogen) atoms. The van der Waals surface area contributed by atoms with Crippen molar-refractivity contribution in [3.8, 4) is 39.4 Å². The summed E-state index contributed by atoms with van der Waals surface area (Å²) in [5.41, 5.74) is 16.9. The second-order valence-electron chi connectivity index (χ2n) is 10.6. The third-order valence-electron chi connectivity index (χ3n) is 8.13. The molecule has 0 atom stereocenters. The molecule has 0 heterocycles. The monoisotopic (exact) mass is 564 g/mol. The van der Waals surface area contributed by atoms with Crippen LogP contribution in [0.1, 0.15) is 23.1 Å². The second kappa shape index (κ2) is 12.5. The lowest BCUT2D eigenvalue weighted by molar-refractivity contribution is 1.35. The van der Waals surface area contributed by atoms with E-state index < -0.39 is 0 Å². The summed E-state index contributed by atoms with van der Waals surface area (Å²) in [6.45, 7) is 8.50. The SMILES string of the molecule is C=Cc1c(C=C)c(-c2ccc3c(-c4ccccc4)c(C(/C=C\CC#N)=C/N)ccc3c2)c2ccccc2c1-c1ccccc1. The summed E-state index contributed by atoms with van der Waals surface area (Å²) in [6, 6.07) is 42.6. The van der Waals surface area contributed by atoms with Crippen molar-refractivity contribution >= 4 is 39.3 Å². The van der Waals surface area contributed by atoms with Crippen molar-refractivity contribution < 1.29 is 0 Å². The van der Waals surface area contributed by atoms with Crippen LogP contribution in [-0.2, 0) is 0 Å². The first-order valence-corrected chi connectivity index (χ1v) is 14.7. The maximum absolute atomic E-state index is 9.06. The van der Waals surface area contributed by atoms with Crippen molar-refractivity contribution in [2.45, 2.75) is 6.42 Å². The highest BCUT2D eigenvalue weighted by Crippen LogP contribution is 2.44. The third kappa shape index (κ3) is 5.02. The van der Waals surface area contributed by atoms with Gasteiger partial charge in [0.15, 0.2) is 0 Å². The maximum atomic E-state index is 9.06. The lowest BCUT2D eigenvalue weighted by atomic mass is 9.82. The first kappa shape index (κ1) is 28.2. The third-order valence-corrected chi connectivity index (χ3v) is 8.13. The zero-order valence-corrected chi connectivity index (χ0v) is 24.5. The summed E-state index contributed by atoms with van der Waals surface area (Å²) < 4.78 is 0. The second-order valence-corrected chi connectivity index (χ2v) is 10.6. The van der Waals surface area contributed by atoms with Gasteiger partial charge in [-0.3, -0.25) is 0 Å². The fraction of sp³-hybridized carbons (Fsp3) is 0.0238. The normalized spacial score (nSPS) is 11.6. The Kier molecular flexibility index (Phi) is 8.04. The molecular weight excluding hydrogens is 532 g/mol. The quantitative estimate of drug-likeness (QED) is 0.187. The number of hydrogen-bond acceptors (Lipinski definition) is 2. The van der Waals surface area contributed by atoms with Crippen LogP contribution in [0.4, 0.5) is 0 Å². The first-order chi connectivity index (χ1) is 21.7. The average molecular weight is 565 g/mol. The zero-order valence-electron chi connectivity index (χ0n) is 24.5. The topological polar surface area (TPSA) is 49.8 Å². The number of rotatable bonds is 8. The van der Waals surface area contributed by atoms with Gasteiger partial charge in [0.1, 0.15) is 0 Å². The molecule has 0 bridgehead atoms. The van der Waals surface area contributed by atoms with Gasteiger partial charge in [0.2, 0.25) is 0 Å². The van der Waals surface area contributed by atoms with Crippen LogP contribution in [0.2, 0.25) is 0 Å². The molecule has 2 N–H and O–H groups in total. The summed E-state index contributed by atoms with van der Waals surface area (Å²) >= 11 is 0. The predicted molar refractivity (Wildman–Crippen MR) is 189 cm³/mol. The van der Waals surface area contributed by atoms with Gasteiger partial charge >= 0.3 is 0 Å². The molecule has 6 aromatic carbocycles. The molecule has 0 aromatic heterocycles. The Morgan fingerprint density at radius 2 is 1.20 bits per heavy atom. The number of benzene rings is 6. The Morgan fingerprint density at radius 3 is 1.77 bits per heavy atom. The summed E-state index contributed by atoms with van der Waals surface area (Å²) in [6.07, 6.45) is 9.63. The van der Waals surface area contributed by atoms with Gasteiger partial charge in [-0.2, -0.15) is 5.26 Å². The van der Waals surface area contributed by atoms with Gasteiger partial charge in [0.05, 0.1) is 12.5 Å². The van der Waals surface area contributed by atoms with Crippen LogP contribution >= 0.6 is 0 Å². The molecule has 2 heteroatoms. The Bertz CT molecular complexity index is 2130. The summed E-state index contributed by atoms with van der Waals surface area (Å²) in [7, 11) is 0. The largest absolute Gasteiger partial charge is 0.404 e. The lowest BCUT2D eigenvalue weighted by Crippen LogP contribution is -1.97. The number of hydrogen-bond donors (Lipinski definition) is 1. The number of fused-ring (bicyclic) bond motifs is 2. The molecule has 0 aliphatic heterocycles. The number of nitrogens with zero attached hydrogens (tertiary/aromatic N) is 1. The lowest BCUT2D eigenvalue weighted by Gasteiger charge is -2.21.